The van der Waals surface area contributed by atoms with Crippen LogP contribution in [0.2, 0.25) is 0 Å². The zero-order valence-electron chi connectivity index (χ0n) is 21.9. The van der Waals surface area contributed by atoms with Gasteiger partial charge in [0, 0.05) is 19.0 Å². The molecule has 37 heavy (non-hydrogen) atoms. The summed E-state index contributed by atoms with van der Waals surface area (Å²) in [5.41, 5.74) is 1.58. The summed E-state index contributed by atoms with van der Waals surface area (Å²) in [5, 5.41) is 0. The summed E-state index contributed by atoms with van der Waals surface area (Å²) >= 11 is 19.8. The molecule has 208 valence electrons. The first-order valence-corrected chi connectivity index (χ1v) is 17.0. The summed E-state index contributed by atoms with van der Waals surface area (Å²) in [4.78, 5) is 0. The summed E-state index contributed by atoms with van der Waals surface area (Å²) in [6.45, 7) is 2.82. The van der Waals surface area contributed by atoms with Crippen molar-refractivity contribution >= 4 is 49.8 Å². The predicted molar refractivity (Wildman–Crippen MR) is 157 cm³/mol. The van der Waals surface area contributed by atoms with Crippen molar-refractivity contribution in [1.29, 1.82) is 0 Å². The lowest BCUT2D eigenvalue weighted by atomic mass is 10.2. The van der Waals surface area contributed by atoms with Gasteiger partial charge in [-0.25, -0.2) is 9.34 Å². The highest BCUT2D eigenvalue weighted by Crippen LogP contribution is 2.82. The maximum absolute atomic E-state index is 14.7. The van der Waals surface area contributed by atoms with Gasteiger partial charge in [0.05, 0.1) is 13.2 Å². The predicted octanol–water partition coefficient (Wildman–Crippen LogP) is 8.97. The average molecular weight is 612 g/mol. The van der Waals surface area contributed by atoms with E-state index in [1.807, 2.05) is 60.7 Å². The molecule has 2 unspecified atom stereocenters. The van der Waals surface area contributed by atoms with Crippen molar-refractivity contribution in [3.63, 3.8) is 0 Å². The van der Waals surface area contributed by atoms with Crippen LogP contribution in [0.4, 0.5) is 0 Å². The van der Waals surface area contributed by atoms with Gasteiger partial charge in [0.25, 0.3) is 3.82 Å². The Hall–Kier alpha value is -0.390. The van der Waals surface area contributed by atoms with Crippen molar-refractivity contribution in [2.45, 2.75) is 56.1 Å². The molecule has 0 N–H and O–H groups in total. The second-order valence-corrected chi connectivity index (χ2v) is 17.4. The van der Waals surface area contributed by atoms with Crippen LogP contribution in [0, 0.1) is 0 Å². The molecule has 0 saturated carbocycles. The topological polar surface area (TPSA) is 59.1 Å². The van der Waals surface area contributed by atoms with Crippen molar-refractivity contribution in [3.8, 4) is 0 Å². The number of alkyl halides is 3. The molecule has 11 heteroatoms. The lowest BCUT2D eigenvalue weighted by Gasteiger charge is -2.42. The van der Waals surface area contributed by atoms with Gasteiger partial charge >= 0.3 is 15.0 Å². The molecule has 0 radical (unpaired) electrons. The number of benzene rings is 2. The Bertz CT molecular complexity index is 936. The van der Waals surface area contributed by atoms with Crippen molar-refractivity contribution < 1.29 is 18.2 Å². The lowest BCUT2D eigenvalue weighted by molar-refractivity contribution is 0.241. The van der Waals surface area contributed by atoms with E-state index < -0.39 is 18.9 Å². The van der Waals surface area contributed by atoms with Gasteiger partial charge < -0.3 is 9.05 Å². The third kappa shape index (κ3) is 8.80. The molecule has 0 fully saturated rings. The third-order valence-electron chi connectivity index (χ3n) is 6.03. The van der Waals surface area contributed by atoms with Gasteiger partial charge in [-0.15, -0.1) is 11.6 Å². The number of hydrogen-bond acceptors (Lipinski definition) is 4. The highest BCUT2D eigenvalue weighted by atomic mass is 35.5. The first-order valence-electron chi connectivity index (χ1n) is 12.6. The standard InChI is InChI=1S/C26H39Cl3N2O4P2/c1-4-5-13-20-30(2)36(32,34-22-24-15-8-6-9-16-24)26(28,29)37(33,31(3)21-14-12-19-27)35-23-25-17-10-7-11-18-25/h6-11,15-18H,4-5,12-14,19-23H2,1-3H3. The van der Waals surface area contributed by atoms with E-state index >= 15 is 0 Å². The van der Waals surface area contributed by atoms with Crippen LogP contribution in [-0.2, 0) is 31.4 Å². The molecule has 2 atom stereocenters. The van der Waals surface area contributed by atoms with Crippen LogP contribution < -0.4 is 0 Å². The minimum absolute atomic E-state index is 0.00786. The SMILES string of the molecule is CCCCCN(C)P(=O)(OCc1ccccc1)C(Cl)(Cl)P(=O)(OCc1ccccc1)N(C)CCCCCl. The summed E-state index contributed by atoms with van der Waals surface area (Å²) in [5.74, 6) is 0.467. The van der Waals surface area contributed by atoms with Gasteiger partial charge in [-0.2, -0.15) is 0 Å². The first-order chi connectivity index (χ1) is 17.6. The third-order valence-corrected chi connectivity index (χ3v) is 14.9. The molecular formula is C26H39Cl3N2O4P2. The molecule has 6 nitrogen and oxygen atoms in total. The van der Waals surface area contributed by atoms with Crippen molar-refractivity contribution in [2.75, 3.05) is 33.1 Å². The van der Waals surface area contributed by atoms with E-state index in [-0.39, 0.29) is 13.2 Å². The van der Waals surface area contributed by atoms with Crippen molar-refractivity contribution in [2.24, 2.45) is 0 Å². The molecule has 0 saturated heterocycles. The van der Waals surface area contributed by atoms with Crippen molar-refractivity contribution in [3.05, 3.63) is 71.8 Å². The van der Waals surface area contributed by atoms with Gasteiger partial charge in [-0.05, 0) is 44.5 Å². The molecule has 0 amide bonds. The zero-order valence-corrected chi connectivity index (χ0v) is 26.0. The van der Waals surface area contributed by atoms with Gasteiger partial charge in [0.2, 0.25) is 0 Å². The Morgan fingerprint density at radius 3 is 1.51 bits per heavy atom. The maximum Gasteiger partial charge on any atom is 0.319 e. The smallest absolute Gasteiger partial charge is 0.310 e. The molecule has 2 aromatic rings. The van der Waals surface area contributed by atoms with Crippen LogP contribution >= 0.6 is 49.8 Å². The minimum Gasteiger partial charge on any atom is -0.310 e. The molecule has 0 aliphatic heterocycles. The van der Waals surface area contributed by atoms with Crippen LogP contribution in [-0.4, -0.2) is 46.2 Å². The van der Waals surface area contributed by atoms with Gasteiger partial charge in [-0.3, -0.25) is 9.13 Å². The molecule has 0 bridgehead atoms. The summed E-state index contributed by atoms with van der Waals surface area (Å²) in [6.07, 6.45) is 4.03. The maximum atomic E-state index is 14.7. The normalized spacial score (nSPS) is 15.6. The number of rotatable bonds is 18. The molecule has 0 heterocycles. The summed E-state index contributed by atoms with van der Waals surface area (Å²) < 4.78 is 42.2. The molecule has 2 aromatic carbocycles. The molecule has 0 aromatic heterocycles. The quantitative estimate of drug-likeness (QED) is 0.0953. The Morgan fingerprint density at radius 1 is 0.730 bits per heavy atom. The number of nitrogens with zero attached hydrogens (tertiary/aromatic N) is 2. The highest BCUT2D eigenvalue weighted by Gasteiger charge is 2.65. The Morgan fingerprint density at radius 2 is 1.14 bits per heavy atom. The fourth-order valence-electron chi connectivity index (χ4n) is 3.68. The molecule has 0 spiro atoms. The van der Waals surface area contributed by atoms with Crippen LogP contribution in [0.25, 0.3) is 0 Å². The lowest BCUT2D eigenvalue weighted by Crippen LogP contribution is -2.35. The number of halogens is 3. The van der Waals surface area contributed by atoms with Gasteiger partial charge in [0.15, 0.2) is 0 Å². The van der Waals surface area contributed by atoms with Crippen LogP contribution in [0.1, 0.15) is 50.2 Å². The molecule has 0 aliphatic rings. The van der Waals surface area contributed by atoms with E-state index in [4.69, 9.17) is 43.9 Å². The highest BCUT2D eigenvalue weighted by molar-refractivity contribution is 7.82. The van der Waals surface area contributed by atoms with Crippen molar-refractivity contribution in [1.82, 2.24) is 9.34 Å². The van der Waals surface area contributed by atoms with E-state index in [1.165, 1.54) is 9.34 Å². The largest absolute Gasteiger partial charge is 0.319 e. The fraction of sp³-hybridized carbons (Fsp3) is 0.538. The van der Waals surface area contributed by atoms with E-state index in [0.717, 1.165) is 30.4 Å². The van der Waals surface area contributed by atoms with E-state index in [0.29, 0.717) is 31.8 Å². The van der Waals surface area contributed by atoms with Gasteiger partial charge in [0.1, 0.15) is 0 Å². The second kappa shape index (κ2) is 16.0. The monoisotopic (exact) mass is 610 g/mol. The number of hydrogen-bond donors (Lipinski definition) is 0. The van der Waals surface area contributed by atoms with E-state index in [2.05, 4.69) is 6.92 Å². The first kappa shape index (κ1) is 32.8. The minimum atomic E-state index is -4.16. The van der Waals surface area contributed by atoms with Crippen LogP contribution in [0.3, 0.4) is 0 Å². The summed E-state index contributed by atoms with van der Waals surface area (Å²) in [7, 11) is -5.04. The molecule has 0 aliphatic carbocycles. The van der Waals surface area contributed by atoms with E-state index in [9.17, 15) is 9.13 Å². The molecule has 2 rings (SSSR count). The van der Waals surface area contributed by atoms with Crippen LogP contribution in [0.15, 0.2) is 60.7 Å². The van der Waals surface area contributed by atoms with Crippen LogP contribution in [0.5, 0.6) is 0 Å². The summed E-state index contributed by atoms with van der Waals surface area (Å²) in [6, 6.07) is 18.6. The van der Waals surface area contributed by atoms with Gasteiger partial charge in [-0.1, -0.05) is 104 Å². The van der Waals surface area contributed by atoms with E-state index in [1.54, 1.807) is 14.1 Å². The zero-order chi connectivity index (χ0) is 27.4. The number of unbranched alkanes of at least 4 members (excludes halogenated alkanes) is 3. The fourth-order valence-corrected chi connectivity index (χ4v) is 11.5. The Kier molecular flexibility index (Phi) is 14.2. The molecular weight excluding hydrogens is 573 g/mol. The Labute approximate surface area is 237 Å². The average Bonchev–Trinajstić information content (AvgIpc) is 2.91. The second-order valence-electron chi connectivity index (χ2n) is 8.93. The Balaban J connectivity index is 2.47.